The van der Waals surface area contributed by atoms with E-state index >= 15 is 0 Å². The number of hydrogen-bond donors (Lipinski definition) is 2. The van der Waals surface area contributed by atoms with Crippen LogP contribution in [0.2, 0.25) is 0 Å². The second-order valence-corrected chi connectivity index (χ2v) is 11.4. The molecule has 3 heterocycles. The number of aromatic nitrogens is 4. The van der Waals surface area contributed by atoms with Crippen molar-refractivity contribution < 1.29 is 8.42 Å². The van der Waals surface area contributed by atoms with E-state index in [0.29, 0.717) is 39.0 Å². The first-order valence-corrected chi connectivity index (χ1v) is 14.3. The molecule has 0 unspecified atom stereocenters. The summed E-state index contributed by atoms with van der Waals surface area (Å²) in [4.78, 5) is 30.2. The molecule has 41 heavy (non-hydrogen) atoms. The summed E-state index contributed by atoms with van der Waals surface area (Å²) in [7, 11) is -2.06. The Morgan fingerprint density at radius 3 is 2.54 bits per heavy atom. The van der Waals surface area contributed by atoms with E-state index in [1.165, 1.54) is 19.4 Å². The van der Waals surface area contributed by atoms with Crippen molar-refractivity contribution >= 4 is 43.9 Å². The SMILES string of the molecule is [C-]#[N+]c1cnc(N)nc1N[C@@H](C)c1cc2cccc(-c3cncc(N(C)S(C)(=O)=O)c3)c2c(=O)n1-c1ccccc1. The van der Waals surface area contributed by atoms with Gasteiger partial charge in [-0.2, -0.15) is 0 Å². The van der Waals surface area contributed by atoms with Gasteiger partial charge in [-0.15, -0.1) is 0 Å². The summed E-state index contributed by atoms with van der Waals surface area (Å²) in [5.41, 5.74) is 8.56. The van der Waals surface area contributed by atoms with Crippen molar-refractivity contribution in [2.45, 2.75) is 13.0 Å². The van der Waals surface area contributed by atoms with Gasteiger partial charge in [0.2, 0.25) is 21.7 Å². The number of anilines is 3. The Kier molecular flexibility index (Phi) is 7.13. The first-order valence-electron chi connectivity index (χ1n) is 12.5. The van der Waals surface area contributed by atoms with Gasteiger partial charge in [-0.3, -0.25) is 18.7 Å². The van der Waals surface area contributed by atoms with Gasteiger partial charge in [0.05, 0.1) is 36.1 Å². The maximum absolute atomic E-state index is 14.4. The summed E-state index contributed by atoms with van der Waals surface area (Å²) < 4.78 is 27.0. The highest BCUT2D eigenvalue weighted by molar-refractivity contribution is 7.92. The minimum atomic E-state index is -3.51. The highest BCUT2D eigenvalue weighted by Crippen LogP contribution is 2.32. The number of nitrogens with one attached hydrogen (secondary N) is 1. The summed E-state index contributed by atoms with van der Waals surface area (Å²) in [5, 5.41) is 4.35. The number of rotatable bonds is 7. The zero-order valence-electron chi connectivity index (χ0n) is 22.5. The second-order valence-electron chi connectivity index (χ2n) is 9.42. The number of nitrogen functional groups attached to an aromatic ring is 1. The van der Waals surface area contributed by atoms with E-state index in [2.05, 4.69) is 25.1 Å². The molecule has 0 aliphatic rings. The molecule has 2 aromatic carbocycles. The Morgan fingerprint density at radius 1 is 1.07 bits per heavy atom. The molecule has 3 N–H and O–H groups in total. The van der Waals surface area contributed by atoms with Crippen molar-refractivity contribution in [3.05, 3.63) is 107 Å². The van der Waals surface area contributed by atoms with E-state index in [9.17, 15) is 13.2 Å². The van der Waals surface area contributed by atoms with Crippen molar-refractivity contribution in [3.8, 4) is 16.8 Å². The van der Waals surface area contributed by atoms with E-state index in [-0.39, 0.29) is 23.0 Å². The zero-order chi connectivity index (χ0) is 29.3. The summed E-state index contributed by atoms with van der Waals surface area (Å²) in [6, 6.07) is 17.8. The summed E-state index contributed by atoms with van der Waals surface area (Å²) in [5.74, 6) is 0.284. The molecule has 0 amide bonds. The van der Waals surface area contributed by atoms with E-state index in [0.717, 1.165) is 10.6 Å². The van der Waals surface area contributed by atoms with E-state index in [1.807, 2.05) is 61.5 Å². The lowest BCUT2D eigenvalue weighted by Crippen LogP contribution is -2.26. The van der Waals surface area contributed by atoms with Crippen molar-refractivity contribution in [2.75, 3.05) is 28.7 Å². The van der Waals surface area contributed by atoms with Crippen LogP contribution >= 0.6 is 0 Å². The number of sulfonamides is 1. The lowest BCUT2D eigenvalue weighted by molar-refractivity contribution is 0.600. The summed E-state index contributed by atoms with van der Waals surface area (Å²) in [6.07, 6.45) is 5.53. The molecule has 3 aromatic heterocycles. The molecule has 5 aromatic rings. The molecule has 0 saturated carbocycles. The molecule has 12 heteroatoms. The highest BCUT2D eigenvalue weighted by atomic mass is 32.2. The number of para-hydroxylation sites is 1. The van der Waals surface area contributed by atoms with Crippen LogP contribution in [0.3, 0.4) is 0 Å². The number of nitrogens with two attached hydrogens (primary N) is 1. The molecule has 0 aliphatic carbocycles. The number of pyridine rings is 2. The first-order chi connectivity index (χ1) is 19.6. The van der Waals surface area contributed by atoms with E-state index < -0.39 is 16.1 Å². The van der Waals surface area contributed by atoms with Gasteiger partial charge in [-0.25, -0.2) is 23.2 Å². The van der Waals surface area contributed by atoms with Crippen LogP contribution in [-0.2, 0) is 10.0 Å². The molecule has 0 spiro atoms. The third-order valence-corrected chi connectivity index (χ3v) is 7.90. The van der Waals surface area contributed by atoms with Crippen LogP contribution in [-0.4, -0.2) is 41.2 Å². The largest absolute Gasteiger partial charge is 0.371 e. The molecule has 206 valence electrons. The number of hydrogen-bond acceptors (Lipinski definition) is 8. The minimum Gasteiger partial charge on any atom is -0.371 e. The average molecular weight is 567 g/mol. The Labute approximate surface area is 236 Å². The van der Waals surface area contributed by atoms with Gasteiger partial charge in [-0.05, 0) is 42.1 Å². The molecular formula is C29H26N8O3S. The lowest BCUT2D eigenvalue weighted by atomic mass is 9.98. The van der Waals surface area contributed by atoms with Crippen molar-refractivity contribution in [1.82, 2.24) is 19.5 Å². The molecule has 5 rings (SSSR count). The number of benzene rings is 2. The van der Waals surface area contributed by atoms with Crippen LogP contribution in [0.4, 0.5) is 23.1 Å². The van der Waals surface area contributed by atoms with Crippen molar-refractivity contribution in [3.63, 3.8) is 0 Å². The Hall–Kier alpha value is -5.28. The van der Waals surface area contributed by atoms with E-state index in [4.69, 9.17) is 12.3 Å². The van der Waals surface area contributed by atoms with Gasteiger partial charge >= 0.3 is 0 Å². The first kappa shape index (κ1) is 27.3. The molecule has 0 radical (unpaired) electrons. The van der Waals surface area contributed by atoms with Gasteiger partial charge in [0.1, 0.15) is 5.82 Å². The van der Waals surface area contributed by atoms with Crippen molar-refractivity contribution in [1.29, 1.82) is 0 Å². The summed E-state index contributed by atoms with van der Waals surface area (Å²) in [6.45, 7) is 9.34. The van der Waals surface area contributed by atoms with Crippen LogP contribution in [0.5, 0.6) is 0 Å². The summed E-state index contributed by atoms with van der Waals surface area (Å²) >= 11 is 0. The zero-order valence-corrected chi connectivity index (χ0v) is 23.3. The van der Waals surface area contributed by atoms with Crippen molar-refractivity contribution in [2.24, 2.45) is 0 Å². The third-order valence-electron chi connectivity index (χ3n) is 6.69. The predicted octanol–water partition coefficient (Wildman–Crippen LogP) is 4.54. The fourth-order valence-corrected chi connectivity index (χ4v) is 5.06. The maximum atomic E-state index is 14.4. The van der Waals surface area contributed by atoms with Gasteiger partial charge in [0, 0.05) is 36.4 Å². The van der Waals surface area contributed by atoms with Gasteiger partial charge in [0.25, 0.3) is 5.56 Å². The minimum absolute atomic E-state index is 0.0214. The third kappa shape index (κ3) is 5.30. The topological polar surface area (TPSA) is 140 Å². The smallest absolute Gasteiger partial charge is 0.263 e. The van der Waals surface area contributed by atoms with Gasteiger partial charge < -0.3 is 11.1 Å². The fourth-order valence-electron chi connectivity index (χ4n) is 4.58. The number of nitrogens with zero attached hydrogens (tertiary/aromatic N) is 6. The Balaban J connectivity index is 1.73. The Morgan fingerprint density at radius 2 is 1.83 bits per heavy atom. The van der Waals surface area contributed by atoms with Gasteiger partial charge in [-0.1, -0.05) is 36.4 Å². The standard InChI is InChI=1S/C29H26N8O3S/c1-18(34-27-24(31-2)17-33-29(30)35-27)25-14-19-9-8-12-23(20-13-22(16-32-15-20)36(3)41(4,39)40)26(19)28(38)37(25)21-10-6-5-7-11-21/h5-18H,1,3-4H3,(H3,30,33,34,35)/t18-/m0/s1. The van der Waals surface area contributed by atoms with Crippen LogP contribution < -0.4 is 20.9 Å². The molecule has 0 aliphatic heterocycles. The maximum Gasteiger partial charge on any atom is 0.263 e. The van der Waals surface area contributed by atoms with Crippen LogP contribution in [0, 0.1) is 6.57 Å². The molecule has 0 bridgehead atoms. The average Bonchev–Trinajstić information content (AvgIpc) is 2.96. The number of fused-ring (bicyclic) bond motifs is 1. The molecule has 0 saturated heterocycles. The van der Waals surface area contributed by atoms with E-state index in [1.54, 1.807) is 16.8 Å². The molecule has 0 fully saturated rings. The quantitative estimate of drug-likeness (QED) is 0.274. The van der Waals surface area contributed by atoms with Gasteiger partial charge in [0.15, 0.2) is 0 Å². The monoisotopic (exact) mass is 566 g/mol. The highest BCUT2D eigenvalue weighted by Gasteiger charge is 2.21. The normalized spacial score (nSPS) is 12.0. The molecule has 1 atom stereocenters. The van der Waals surface area contributed by atoms with Crippen LogP contribution in [0.1, 0.15) is 18.7 Å². The Bertz CT molecular complexity index is 1990. The van der Waals surface area contributed by atoms with Crippen LogP contribution in [0.25, 0.3) is 32.4 Å². The van der Waals surface area contributed by atoms with Crippen LogP contribution in [0.15, 0.2) is 84.0 Å². The molecular weight excluding hydrogens is 540 g/mol. The fraction of sp³-hybridized carbons (Fsp3) is 0.138. The predicted molar refractivity (Wildman–Crippen MR) is 161 cm³/mol. The second kappa shape index (κ2) is 10.7. The lowest BCUT2D eigenvalue weighted by Gasteiger charge is -2.22. The molecule has 11 nitrogen and oxygen atoms in total.